The average molecular weight is 243 g/mol. The molecule has 4 nitrogen and oxygen atoms in total. The SMILES string of the molecule is CCCC(N)C(CO)N1CC(C)N(C)C(C)C1. The van der Waals surface area contributed by atoms with Crippen LogP contribution < -0.4 is 5.73 Å². The summed E-state index contributed by atoms with van der Waals surface area (Å²) in [7, 11) is 2.17. The second-order valence-electron chi connectivity index (χ2n) is 5.52. The van der Waals surface area contributed by atoms with E-state index in [-0.39, 0.29) is 18.7 Å². The van der Waals surface area contributed by atoms with Gasteiger partial charge < -0.3 is 10.8 Å². The maximum absolute atomic E-state index is 9.58. The lowest BCUT2D eigenvalue weighted by Crippen LogP contribution is -2.61. The quantitative estimate of drug-likeness (QED) is 0.738. The molecule has 0 aromatic carbocycles. The molecule has 0 aromatic rings. The molecular formula is C13H29N3O. The maximum atomic E-state index is 9.58. The van der Waals surface area contributed by atoms with Gasteiger partial charge >= 0.3 is 0 Å². The predicted molar refractivity (Wildman–Crippen MR) is 72.0 cm³/mol. The molecule has 0 bridgehead atoms. The minimum atomic E-state index is 0.0906. The van der Waals surface area contributed by atoms with E-state index in [0.717, 1.165) is 25.9 Å². The van der Waals surface area contributed by atoms with Gasteiger partial charge in [-0.05, 0) is 27.3 Å². The second-order valence-corrected chi connectivity index (χ2v) is 5.52. The summed E-state index contributed by atoms with van der Waals surface area (Å²) < 4.78 is 0. The molecule has 0 aromatic heterocycles. The first-order valence-corrected chi connectivity index (χ1v) is 6.83. The summed E-state index contributed by atoms with van der Waals surface area (Å²) in [5, 5.41) is 9.58. The van der Waals surface area contributed by atoms with Crippen LogP contribution in [-0.4, -0.2) is 65.8 Å². The van der Waals surface area contributed by atoms with Gasteiger partial charge in [0.25, 0.3) is 0 Å². The summed E-state index contributed by atoms with van der Waals surface area (Å²) in [4.78, 5) is 4.77. The first-order chi connectivity index (χ1) is 8.01. The van der Waals surface area contributed by atoms with E-state index in [4.69, 9.17) is 5.73 Å². The molecule has 17 heavy (non-hydrogen) atoms. The number of likely N-dealkylation sites (N-methyl/N-ethyl adjacent to an activating group) is 1. The van der Waals surface area contributed by atoms with Crippen molar-refractivity contribution in [2.75, 3.05) is 26.7 Å². The largest absolute Gasteiger partial charge is 0.395 e. The van der Waals surface area contributed by atoms with Crippen LogP contribution in [0.1, 0.15) is 33.6 Å². The Labute approximate surface area is 106 Å². The zero-order valence-corrected chi connectivity index (χ0v) is 11.8. The molecule has 1 fully saturated rings. The Bertz CT molecular complexity index is 213. The number of nitrogens with two attached hydrogens (primary N) is 1. The molecule has 0 saturated carbocycles. The van der Waals surface area contributed by atoms with E-state index >= 15 is 0 Å². The molecule has 0 spiro atoms. The topological polar surface area (TPSA) is 52.7 Å². The fourth-order valence-electron chi connectivity index (χ4n) is 2.76. The van der Waals surface area contributed by atoms with Crippen LogP contribution in [0.15, 0.2) is 0 Å². The first-order valence-electron chi connectivity index (χ1n) is 6.83. The Kier molecular flexibility index (Phi) is 5.86. The highest BCUT2D eigenvalue weighted by atomic mass is 16.3. The maximum Gasteiger partial charge on any atom is 0.0601 e. The van der Waals surface area contributed by atoms with Gasteiger partial charge in [-0.1, -0.05) is 13.3 Å². The van der Waals surface area contributed by atoms with Crippen molar-refractivity contribution in [3.63, 3.8) is 0 Å². The molecule has 4 unspecified atom stereocenters. The van der Waals surface area contributed by atoms with Crippen molar-refractivity contribution < 1.29 is 5.11 Å². The Morgan fingerprint density at radius 1 is 1.29 bits per heavy atom. The summed E-state index contributed by atoms with van der Waals surface area (Å²) in [6, 6.07) is 1.27. The van der Waals surface area contributed by atoms with Crippen LogP contribution >= 0.6 is 0 Å². The average Bonchev–Trinajstić information content (AvgIpc) is 2.27. The molecule has 4 atom stereocenters. The monoisotopic (exact) mass is 243 g/mol. The minimum absolute atomic E-state index is 0.0906. The summed E-state index contributed by atoms with van der Waals surface area (Å²) >= 11 is 0. The van der Waals surface area contributed by atoms with Gasteiger partial charge in [-0.25, -0.2) is 0 Å². The molecule has 4 heteroatoms. The lowest BCUT2D eigenvalue weighted by molar-refractivity contribution is 0.00732. The number of rotatable bonds is 5. The van der Waals surface area contributed by atoms with Crippen molar-refractivity contribution in [1.29, 1.82) is 0 Å². The minimum Gasteiger partial charge on any atom is -0.395 e. The van der Waals surface area contributed by atoms with Crippen molar-refractivity contribution in [3.8, 4) is 0 Å². The van der Waals surface area contributed by atoms with Crippen LogP contribution in [0.5, 0.6) is 0 Å². The highest BCUT2D eigenvalue weighted by Crippen LogP contribution is 2.18. The van der Waals surface area contributed by atoms with Crippen molar-refractivity contribution >= 4 is 0 Å². The van der Waals surface area contributed by atoms with Crippen LogP contribution in [0.2, 0.25) is 0 Å². The van der Waals surface area contributed by atoms with Gasteiger partial charge in [-0.15, -0.1) is 0 Å². The van der Waals surface area contributed by atoms with Crippen molar-refractivity contribution in [2.45, 2.75) is 57.8 Å². The van der Waals surface area contributed by atoms with Gasteiger partial charge in [-0.3, -0.25) is 9.80 Å². The molecule has 0 aliphatic carbocycles. The first kappa shape index (κ1) is 14.9. The highest BCUT2D eigenvalue weighted by molar-refractivity contribution is 4.90. The normalized spacial score (nSPS) is 31.4. The Hall–Kier alpha value is -0.160. The number of aliphatic hydroxyl groups is 1. The molecule has 1 rings (SSSR count). The molecule has 1 heterocycles. The Balaban J connectivity index is 2.63. The fourth-order valence-corrected chi connectivity index (χ4v) is 2.76. The van der Waals surface area contributed by atoms with Crippen LogP contribution in [-0.2, 0) is 0 Å². The lowest BCUT2D eigenvalue weighted by atomic mass is 9.99. The number of nitrogens with zero attached hydrogens (tertiary/aromatic N) is 2. The van der Waals surface area contributed by atoms with E-state index in [9.17, 15) is 5.11 Å². The summed E-state index contributed by atoms with van der Waals surface area (Å²) in [6.45, 7) is 8.80. The van der Waals surface area contributed by atoms with Crippen molar-refractivity contribution in [3.05, 3.63) is 0 Å². The summed E-state index contributed by atoms with van der Waals surface area (Å²) in [5.74, 6) is 0. The smallest absolute Gasteiger partial charge is 0.0601 e. The molecule has 1 aliphatic rings. The Morgan fingerprint density at radius 3 is 2.24 bits per heavy atom. The molecule has 0 amide bonds. The standard InChI is InChI=1S/C13H29N3O/c1-5-6-12(14)13(9-17)16-7-10(2)15(4)11(3)8-16/h10-13,17H,5-9,14H2,1-4H3. The van der Waals surface area contributed by atoms with Gasteiger partial charge in [0, 0.05) is 37.3 Å². The highest BCUT2D eigenvalue weighted by Gasteiger charge is 2.32. The van der Waals surface area contributed by atoms with Gasteiger partial charge in [0.1, 0.15) is 0 Å². The zero-order chi connectivity index (χ0) is 13.0. The summed E-state index contributed by atoms with van der Waals surface area (Å²) in [5.41, 5.74) is 6.18. The van der Waals surface area contributed by atoms with Gasteiger partial charge in [0.15, 0.2) is 0 Å². The van der Waals surface area contributed by atoms with Crippen molar-refractivity contribution in [1.82, 2.24) is 9.80 Å². The van der Waals surface area contributed by atoms with E-state index in [1.165, 1.54) is 0 Å². The van der Waals surface area contributed by atoms with Gasteiger partial charge in [0.2, 0.25) is 0 Å². The molecule has 0 radical (unpaired) electrons. The van der Waals surface area contributed by atoms with Gasteiger partial charge in [0.05, 0.1) is 6.61 Å². The second kappa shape index (κ2) is 6.69. The lowest BCUT2D eigenvalue weighted by Gasteiger charge is -2.46. The van der Waals surface area contributed by atoms with Crippen molar-refractivity contribution in [2.24, 2.45) is 5.73 Å². The van der Waals surface area contributed by atoms with Crippen LogP contribution in [0, 0.1) is 0 Å². The van der Waals surface area contributed by atoms with Crippen LogP contribution in [0.3, 0.4) is 0 Å². The number of piperazine rings is 1. The zero-order valence-electron chi connectivity index (χ0n) is 11.8. The van der Waals surface area contributed by atoms with Gasteiger partial charge in [-0.2, -0.15) is 0 Å². The third-order valence-electron chi connectivity index (χ3n) is 4.16. The van der Waals surface area contributed by atoms with Crippen LogP contribution in [0.25, 0.3) is 0 Å². The molecular weight excluding hydrogens is 214 g/mol. The van der Waals surface area contributed by atoms with E-state index < -0.39 is 0 Å². The fraction of sp³-hybridized carbons (Fsp3) is 1.00. The Morgan fingerprint density at radius 2 is 1.82 bits per heavy atom. The molecule has 1 saturated heterocycles. The third kappa shape index (κ3) is 3.65. The van der Waals surface area contributed by atoms with E-state index in [2.05, 4.69) is 37.6 Å². The molecule has 1 aliphatic heterocycles. The van der Waals surface area contributed by atoms with E-state index in [0.29, 0.717) is 12.1 Å². The number of hydrogen-bond donors (Lipinski definition) is 2. The van der Waals surface area contributed by atoms with Crippen LogP contribution in [0.4, 0.5) is 0 Å². The number of aliphatic hydroxyl groups excluding tert-OH is 1. The molecule has 3 N–H and O–H groups in total. The molecule has 102 valence electrons. The predicted octanol–water partition coefficient (Wildman–Crippen LogP) is 0.499. The summed E-state index contributed by atoms with van der Waals surface area (Å²) in [6.07, 6.45) is 2.07. The third-order valence-corrected chi connectivity index (χ3v) is 4.16. The van der Waals surface area contributed by atoms with E-state index in [1.807, 2.05) is 0 Å². The van der Waals surface area contributed by atoms with E-state index in [1.54, 1.807) is 0 Å². The number of hydrogen-bond acceptors (Lipinski definition) is 4.